The summed E-state index contributed by atoms with van der Waals surface area (Å²) in [5.74, 6) is 1.46. The molecule has 0 radical (unpaired) electrons. The number of nitrogens with one attached hydrogen (secondary N) is 1. The highest BCUT2D eigenvalue weighted by atomic mass is 16.5. The van der Waals surface area contributed by atoms with Crippen LogP contribution in [-0.2, 0) is 17.8 Å². The van der Waals surface area contributed by atoms with E-state index < -0.39 is 0 Å². The minimum atomic E-state index is -0.204. The number of nitrogens with zero attached hydrogens (tertiary/aromatic N) is 2. The second-order valence-electron chi connectivity index (χ2n) is 10.5. The Morgan fingerprint density at radius 3 is 2.58 bits per heavy atom. The number of fused-ring (bicyclic) bond motifs is 1. The Morgan fingerprint density at radius 1 is 1.03 bits per heavy atom. The van der Waals surface area contributed by atoms with E-state index in [0.29, 0.717) is 30.4 Å². The largest absolute Gasteiger partial charge is 0.486 e. The second kappa shape index (κ2) is 11.9. The van der Waals surface area contributed by atoms with Crippen molar-refractivity contribution in [2.24, 2.45) is 5.92 Å². The van der Waals surface area contributed by atoms with E-state index in [1.807, 2.05) is 49.1 Å². The van der Waals surface area contributed by atoms with Crippen LogP contribution < -0.4 is 10.1 Å². The molecule has 3 aromatic rings. The number of carbonyl (C=O) groups excluding carboxylic acids is 2. The number of ether oxygens (including phenoxy) is 1. The molecule has 0 saturated carbocycles. The molecular weight excluding hydrogens is 478 g/mol. The number of hydrogen-bond donors (Lipinski definition) is 1. The van der Waals surface area contributed by atoms with Gasteiger partial charge < -0.3 is 24.3 Å². The van der Waals surface area contributed by atoms with E-state index >= 15 is 0 Å². The topological polar surface area (TPSA) is 75.0 Å². The van der Waals surface area contributed by atoms with E-state index in [4.69, 9.17) is 9.15 Å². The van der Waals surface area contributed by atoms with E-state index in [-0.39, 0.29) is 30.4 Å². The van der Waals surface area contributed by atoms with Crippen LogP contribution in [0.5, 0.6) is 5.75 Å². The summed E-state index contributed by atoms with van der Waals surface area (Å²) < 4.78 is 11.9. The van der Waals surface area contributed by atoms with Gasteiger partial charge in [-0.25, -0.2) is 0 Å². The van der Waals surface area contributed by atoms with Crippen molar-refractivity contribution in [2.75, 3.05) is 32.7 Å². The predicted octanol–water partition coefficient (Wildman–Crippen LogP) is 4.81. The highest BCUT2D eigenvalue weighted by Crippen LogP contribution is 2.38. The Morgan fingerprint density at radius 2 is 1.82 bits per heavy atom. The molecule has 5 rings (SSSR count). The summed E-state index contributed by atoms with van der Waals surface area (Å²) >= 11 is 0. The SMILES string of the molecule is CC(C)C(=O)N1CCc2ccc(OCc3ccc(C(=O)NCCN4CCCC4)o3)cc2[C@H]1c1ccccc1. The lowest BCUT2D eigenvalue weighted by Crippen LogP contribution is -2.42. The Bertz CT molecular complexity index is 1250. The molecule has 0 spiro atoms. The molecule has 1 fully saturated rings. The maximum atomic E-state index is 13.1. The van der Waals surface area contributed by atoms with Gasteiger partial charge in [0.15, 0.2) is 5.76 Å². The van der Waals surface area contributed by atoms with Gasteiger partial charge in [-0.15, -0.1) is 0 Å². The fourth-order valence-electron chi connectivity index (χ4n) is 5.40. The van der Waals surface area contributed by atoms with Gasteiger partial charge in [0, 0.05) is 25.6 Å². The predicted molar refractivity (Wildman–Crippen MR) is 146 cm³/mol. The van der Waals surface area contributed by atoms with Crippen LogP contribution in [0.3, 0.4) is 0 Å². The van der Waals surface area contributed by atoms with E-state index in [0.717, 1.165) is 37.2 Å². The zero-order valence-corrected chi connectivity index (χ0v) is 22.3. The van der Waals surface area contributed by atoms with Crippen LogP contribution in [0.25, 0.3) is 0 Å². The third-order valence-electron chi connectivity index (χ3n) is 7.42. The molecule has 2 amide bonds. The molecule has 7 heteroatoms. The van der Waals surface area contributed by atoms with Crippen LogP contribution >= 0.6 is 0 Å². The van der Waals surface area contributed by atoms with E-state index in [1.54, 1.807) is 12.1 Å². The molecule has 0 aliphatic carbocycles. The van der Waals surface area contributed by atoms with Gasteiger partial charge >= 0.3 is 0 Å². The van der Waals surface area contributed by atoms with E-state index in [1.165, 1.54) is 18.4 Å². The van der Waals surface area contributed by atoms with Crippen LogP contribution in [0.2, 0.25) is 0 Å². The molecule has 1 N–H and O–H groups in total. The lowest BCUT2D eigenvalue weighted by atomic mass is 9.87. The average Bonchev–Trinajstić information content (AvgIpc) is 3.64. The first-order chi connectivity index (χ1) is 18.5. The van der Waals surface area contributed by atoms with Gasteiger partial charge in [-0.2, -0.15) is 0 Å². The Balaban J connectivity index is 1.26. The third kappa shape index (κ3) is 5.94. The quantitative estimate of drug-likeness (QED) is 0.443. The molecule has 38 heavy (non-hydrogen) atoms. The number of carbonyl (C=O) groups is 2. The molecule has 1 atom stereocenters. The van der Waals surface area contributed by atoms with Crippen molar-refractivity contribution < 1.29 is 18.7 Å². The summed E-state index contributed by atoms with van der Waals surface area (Å²) in [7, 11) is 0. The second-order valence-corrected chi connectivity index (χ2v) is 10.5. The van der Waals surface area contributed by atoms with Crippen molar-refractivity contribution in [2.45, 2.75) is 45.8 Å². The molecule has 2 aliphatic heterocycles. The first kappa shape index (κ1) is 26.0. The van der Waals surface area contributed by atoms with Crippen LogP contribution in [0.4, 0.5) is 0 Å². The van der Waals surface area contributed by atoms with Gasteiger partial charge in [-0.3, -0.25) is 9.59 Å². The minimum absolute atomic E-state index is 0.0761. The maximum Gasteiger partial charge on any atom is 0.287 e. The van der Waals surface area contributed by atoms with Gasteiger partial charge in [0.05, 0.1) is 6.04 Å². The van der Waals surface area contributed by atoms with E-state index in [9.17, 15) is 9.59 Å². The molecule has 1 saturated heterocycles. The molecule has 1 aromatic heterocycles. The highest BCUT2D eigenvalue weighted by molar-refractivity contribution is 5.91. The average molecular weight is 516 g/mol. The van der Waals surface area contributed by atoms with Crippen LogP contribution in [-0.4, -0.2) is 54.3 Å². The number of benzene rings is 2. The Labute approximate surface area is 224 Å². The van der Waals surface area contributed by atoms with Gasteiger partial charge in [0.1, 0.15) is 18.1 Å². The van der Waals surface area contributed by atoms with Crippen molar-refractivity contribution in [3.63, 3.8) is 0 Å². The molecule has 200 valence electrons. The normalized spacial score (nSPS) is 17.4. The zero-order chi connectivity index (χ0) is 26.5. The van der Waals surface area contributed by atoms with Gasteiger partial charge in [-0.1, -0.05) is 50.2 Å². The number of furan rings is 1. The van der Waals surface area contributed by atoms with Crippen molar-refractivity contribution in [3.8, 4) is 5.75 Å². The molecule has 3 heterocycles. The van der Waals surface area contributed by atoms with Crippen LogP contribution in [0, 0.1) is 5.92 Å². The molecule has 0 bridgehead atoms. The number of likely N-dealkylation sites (tertiary alicyclic amines) is 1. The smallest absolute Gasteiger partial charge is 0.287 e. The summed E-state index contributed by atoms with van der Waals surface area (Å²) in [4.78, 5) is 30.0. The van der Waals surface area contributed by atoms with Crippen molar-refractivity contribution >= 4 is 11.8 Å². The maximum absolute atomic E-state index is 13.1. The van der Waals surface area contributed by atoms with Crippen LogP contribution in [0.1, 0.15) is 65.7 Å². The van der Waals surface area contributed by atoms with Gasteiger partial charge in [0.2, 0.25) is 5.91 Å². The summed E-state index contributed by atoms with van der Waals surface area (Å²) in [6, 6.07) is 19.6. The first-order valence-corrected chi connectivity index (χ1v) is 13.7. The minimum Gasteiger partial charge on any atom is -0.486 e. The molecule has 2 aromatic carbocycles. The Kier molecular flexibility index (Phi) is 8.13. The fourth-order valence-corrected chi connectivity index (χ4v) is 5.40. The monoisotopic (exact) mass is 515 g/mol. The zero-order valence-electron chi connectivity index (χ0n) is 22.3. The summed E-state index contributed by atoms with van der Waals surface area (Å²) in [5.41, 5.74) is 3.40. The Hall–Kier alpha value is -3.58. The molecule has 0 unspecified atom stereocenters. The van der Waals surface area contributed by atoms with Gasteiger partial charge in [0.25, 0.3) is 5.91 Å². The van der Waals surface area contributed by atoms with Crippen molar-refractivity contribution in [1.29, 1.82) is 0 Å². The summed E-state index contributed by atoms with van der Waals surface area (Å²) in [5, 5.41) is 2.94. The highest BCUT2D eigenvalue weighted by Gasteiger charge is 2.33. The van der Waals surface area contributed by atoms with E-state index in [2.05, 4.69) is 28.4 Å². The molecule has 7 nitrogen and oxygen atoms in total. The lowest BCUT2D eigenvalue weighted by Gasteiger charge is -2.39. The van der Waals surface area contributed by atoms with Gasteiger partial charge in [-0.05, 0) is 73.3 Å². The standard InChI is InChI=1S/C31H37N3O4/c1-22(2)31(36)34-18-14-23-10-11-25(20-27(23)29(34)24-8-4-3-5-9-24)37-21-26-12-13-28(38-26)30(35)32-15-19-33-16-6-7-17-33/h3-5,8-13,20,22,29H,6-7,14-19,21H2,1-2H3,(H,32,35)/t29-/m1/s1. The molecular formula is C31H37N3O4. The first-order valence-electron chi connectivity index (χ1n) is 13.7. The number of amides is 2. The molecule has 2 aliphatic rings. The number of rotatable bonds is 9. The fraction of sp³-hybridized carbons (Fsp3) is 0.419. The lowest BCUT2D eigenvalue weighted by molar-refractivity contribution is -0.136. The van der Waals surface area contributed by atoms with Crippen LogP contribution in [0.15, 0.2) is 65.1 Å². The van der Waals surface area contributed by atoms with Crippen molar-refractivity contribution in [1.82, 2.24) is 15.1 Å². The third-order valence-corrected chi connectivity index (χ3v) is 7.42. The number of hydrogen-bond acceptors (Lipinski definition) is 5. The summed E-state index contributed by atoms with van der Waals surface area (Å²) in [6.07, 6.45) is 3.29. The van der Waals surface area contributed by atoms with Crippen molar-refractivity contribution in [3.05, 3.63) is 88.9 Å². The summed E-state index contributed by atoms with van der Waals surface area (Å²) in [6.45, 7) is 8.50.